The van der Waals surface area contributed by atoms with Crippen molar-refractivity contribution in [2.75, 3.05) is 13.7 Å². The van der Waals surface area contributed by atoms with Gasteiger partial charge in [0.25, 0.3) is 0 Å². The van der Waals surface area contributed by atoms with E-state index in [9.17, 15) is 0 Å². The quantitative estimate of drug-likeness (QED) is 0.469. The molecule has 0 atom stereocenters. The van der Waals surface area contributed by atoms with Crippen LogP contribution in [0, 0.1) is 23.1 Å². The minimum Gasteiger partial charge on any atom is -0.384 e. The number of ether oxygens (including phenoxy) is 1. The average Bonchev–Trinajstić information content (AvgIpc) is 2.79. The maximum Gasteiger partial charge on any atom is 0.134 e. The van der Waals surface area contributed by atoms with Gasteiger partial charge in [-0.1, -0.05) is 42.5 Å². The van der Waals surface area contributed by atoms with Gasteiger partial charge >= 0.3 is 0 Å². The lowest BCUT2D eigenvalue weighted by Gasteiger charge is -2.28. The third-order valence-electron chi connectivity index (χ3n) is 6.54. The number of hydrogen-bond donors (Lipinski definition) is 0. The molecule has 3 heteroatoms. The first-order valence-electron chi connectivity index (χ1n) is 10.9. The fourth-order valence-electron chi connectivity index (χ4n) is 4.73. The van der Waals surface area contributed by atoms with Gasteiger partial charge in [-0.3, -0.25) is 0 Å². The second-order valence-electron chi connectivity index (χ2n) is 8.50. The predicted octanol–water partition coefficient (Wildman–Crippen LogP) is 6.56. The summed E-state index contributed by atoms with van der Waals surface area (Å²) < 4.78 is 20.5. The van der Waals surface area contributed by atoms with Crippen molar-refractivity contribution < 1.29 is 9.13 Å². The Morgan fingerprint density at radius 1 is 0.967 bits per heavy atom. The number of halogens is 1. The Kier molecular flexibility index (Phi) is 6.45. The Labute approximate surface area is 178 Å². The molecule has 2 nitrogen and oxygen atoms in total. The smallest absolute Gasteiger partial charge is 0.134 e. The summed E-state index contributed by atoms with van der Waals surface area (Å²) in [5.74, 6) is 1.15. The number of nitriles is 1. The zero-order valence-electron chi connectivity index (χ0n) is 17.5. The van der Waals surface area contributed by atoms with Crippen LogP contribution in [-0.4, -0.2) is 13.7 Å². The lowest BCUT2D eigenvalue weighted by molar-refractivity contribution is 0.127. The average molecular weight is 402 g/mol. The van der Waals surface area contributed by atoms with Crippen LogP contribution < -0.4 is 0 Å². The maximum atomic E-state index is 15.1. The molecule has 3 aromatic carbocycles. The minimum atomic E-state index is -0.100. The fraction of sp³-hybridized carbons (Fsp3) is 0.370. The largest absolute Gasteiger partial charge is 0.384 e. The van der Waals surface area contributed by atoms with Crippen molar-refractivity contribution in [3.8, 4) is 6.07 Å². The fourth-order valence-corrected chi connectivity index (χ4v) is 4.73. The number of rotatable bonds is 6. The molecule has 0 saturated heterocycles. The number of nitrogens with zero attached hydrogens (tertiary/aromatic N) is 1. The molecule has 0 radical (unpaired) electrons. The molecule has 1 saturated carbocycles. The Morgan fingerprint density at radius 3 is 2.43 bits per heavy atom. The zero-order chi connectivity index (χ0) is 20.9. The number of hydrogen-bond acceptors (Lipinski definition) is 2. The molecule has 0 unspecified atom stereocenters. The van der Waals surface area contributed by atoms with Gasteiger partial charge in [0.15, 0.2) is 0 Å². The number of benzene rings is 3. The highest BCUT2D eigenvalue weighted by atomic mass is 19.1. The van der Waals surface area contributed by atoms with Crippen molar-refractivity contribution >= 4 is 10.8 Å². The molecule has 0 heterocycles. The first-order chi connectivity index (χ1) is 14.7. The first-order valence-corrected chi connectivity index (χ1v) is 10.9. The van der Waals surface area contributed by atoms with Gasteiger partial charge in [-0.05, 0) is 84.6 Å². The monoisotopic (exact) mass is 401 g/mol. The van der Waals surface area contributed by atoms with Gasteiger partial charge in [0.1, 0.15) is 5.82 Å². The van der Waals surface area contributed by atoms with Gasteiger partial charge in [0.2, 0.25) is 0 Å². The van der Waals surface area contributed by atoms with E-state index in [0.29, 0.717) is 29.2 Å². The molecule has 1 aliphatic carbocycles. The van der Waals surface area contributed by atoms with Crippen LogP contribution in [0.4, 0.5) is 4.39 Å². The lowest BCUT2D eigenvalue weighted by atomic mass is 9.78. The van der Waals surface area contributed by atoms with Crippen LogP contribution in [0.3, 0.4) is 0 Å². The van der Waals surface area contributed by atoms with E-state index in [0.717, 1.165) is 29.5 Å². The summed E-state index contributed by atoms with van der Waals surface area (Å²) in [5.41, 5.74) is 3.86. The molecule has 4 rings (SSSR count). The molecule has 0 spiro atoms. The van der Waals surface area contributed by atoms with Gasteiger partial charge in [-0.15, -0.1) is 0 Å². The zero-order valence-corrected chi connectivity index (χ0v) is 17.5. The van der Waals surface area contributed by atoms with Crippen LogP contribution in [-0.2, 0) is 17.6 Å². The van der Waals surface area contributed by atoms with E-state index in [1.807, 2.05) is 36.4 Å². The van der Waals surface area contributed by atoms with Gasteiger partial charge < -0.3 is 4.74 Å². The first kappa shape index (κ1) is 20.6. The van der Waals surface area contributed by atoms with Crippen LogP contribution in [0.5, 0.6) is 0 Å². The van der Waals surface area contributed by atoms with E-state index >= 15 is 4.39 Å². The highest BCUT2D eigenvalue weighted by Gasteiger charge is 2.22. The SMILES string of the molecule is COCC1CCC(c2ccc3c(F)c(CCc4ccc(C#N)cc4)ccc3c2)CC1. The lowest BCUT2D eigenvalue weighted by Crippen LogP contribution is -2.17. The van der Waals surface area contributed by atoms with Crippen LogP contribution in [0.15, 0.2) is 54.6 Å². The third kappa shape index (κ3) is 4.55. The van der Waals surface area contributed by atoms with E-state index in [4.69, 9.17) is 10.00 Å². The molecule has 0 bridgehead atoms. The molecule has 0 aromatic heterocycles. The van der Waals surface area contributed by atoms with E-state index in [1.165, 1.54) is 31.2 Å². The molecule has 0 N–H and O–H groups in total. The maximum absolute atomic E-state index is 15.1. The van der Waals surface area contributed by atoms with Crippen molar-refractivity contribution in [1.82, 2.24) is 0 Å². The van der Waals surface area contributed by atoms with Crippen molar-refractivity contribution in [3.05, 3.63) is 82.7 Å². The second kappa shape index (κ2) is 9.41. The molecule has 0 amide bonds. The standard InChI is InChI=1S/C27H28FNO/c1-30-18-21-7-9-22(10-8-21)24-14-15-26-25(16-24)13-12-23(27(26)28)11-6-19-2-4-20(17-29)5-3-19/h2-5,12-16,21-22H,6-11,18H2,1H3. The van der Waals surface area contributed by atoms with Crippen molar-refractivity contribution in [1.29, 1.82) is 5.26 Å². The summed E-state index contributed by atoms with van der Waals surface area (Å²) in [6, 6.07) is 19.9. The predicted molar refractivity (Wildman–Crippen MR) is 119 cm³/mol. The summed E-state index contributed by atoms with van der Waals surface area (Å²) in [6.07, 6.45) is 6.20. The summed E-state index contributed by atoms with van der Waals surface area (Å²) in [4.78, 5) is 0. The van der Waals surface area contributed by atoms with Gasteiger partial charge in [-0.2, -0.15) is 5.26 Å². The molecule has 154 valence electrons. The van der Waals surface area contributed by atoms with Crippen LogP contribution in [0.25, 0.3) is 10.8 Å². The number of methoxy groups -OCH3 is 1. The Hall–Kier alpha value is -2.70. The van der Waals surface area contributed by atoms with Gasteiger partial charge in [0, 0.05) is 19.1 Å². The number of aryl methyl sites for hydroxylation is 2. The van der Waals surface area contributed by atoms with E-state index < -0.39 is 0 Å². The van der Waals surface area contributed by atoms with Crippen molar-refractivity contribution in [3.63, 3.8) is 0 Å². The van der Waals surface area contributed by atoms with Crippen molar-refractivity contribution in [2.24, 2.45) is 5.92 Å². The van der Waals surface area contributed by atoms with Gasteiger partial charge in [-0.25, -0.2) is 4.39 Å². The Balaban J connectivity index is 1.46. The highest BCUT2D eigenvalue weighted by molar-refractivity contribution is 5.84. The normalized spacial score (nSPS) is 19.0. The third-order valence-corrected chi connectivity index (χ3v) is 6.54. The van der Waals surface area contributed by atoms with Crippen LogP contribution >= 0.6 is 0 Å². The molecule has 1 fully saturated rings. The molecular formula is C27H28FNO. The Bertz CT molecular complexity index is 1040. The summed E-state index contributed by atoms with van der Waals surface area (Å²) in [6.45, 7) is 0.862. The molecular weight excluding hydrogens is 373 g/mol. The van der Waals surface area contributed by atoms with E-state index in [1.54, 1.807) is 7.11 Å². The molecule has 1 aliphatic rings. The van der Waals surface area contributed by atoms with E-state index in [-0.39, 0.29) is 5.82 Å². The molecule has 30 heavy (non-hydrogen) atoms. The summed E-state index contributed by atoms with van der Waals surface area (Å²) in [7, 11) is 1.78. The van der Waals surface area contributed by atoms with Crippen LogP contribution in [0.1, 0.15) is 53.9 Å². The topological polar surface area (TPSA) is 33.0 Å². The second-order valence-corrected chi connectivity index (χ2v) is 8.50. The van der Waals surface area contributed by atoms with Crippen LogP contribution in [0.2, 0.25) is 0 Å². The number of fused-ring (bicyclic) bond motifs is 1. The molecule has 3 aromatic rings. The highest BCUT2D eigenvalue weighted by Crippen LogP contribution is 2.37. The van der Waals surface area contributed by atoms with Crippen molar-refractivity contribution in [2.45, 2.75) is 44.4 Å². The molecule has 0 aliphatic heterocycles. The van der Waals surface area contributed by atoms with E-state index in [2.05, 4.69) is 24.3 Å². The summed E-state index contributed by atoms with van der Waals surface area (Å²) in [5, 5.41) is 10.6. The minimum absolute atomic E-state index is 0.100. The Morgan fingerprint density at radius 2 is 1.73 bits per heavy atom. The summed E-state index contributed by atoms with van der Waals surface area (Å²) >= 11 is 0. The van der Waals surface area contributed by atoms with Gasteiger partial charge in [0.05, 0.1) is 11.6 Å².